The minimum atomic E-state index is 0. The van der Waals surface area contributed by atoms with Crippen molar-refractivity contribution >= 4 is 44.3 Å². The lowest BCUT2D eigenvalue weighted by Crippen LogP contribution is -2.09. The molecule has 0 saturated carbocycles. The Morgan fingerprint density at radius 3 is 2.14 bits per heavy atom. The predicted molar refractivity (Wildman–Crippen MR) is 103 cm³/mol. The highest BCUT2D eigenvalue weighted by Crippen LogP contribution is 2.26. The molecule has 2 N–H and O–H groups in total. The molecule has 22 heavy (non-hydrogen) atoms. The predicted octanol–water partition coefficient (Wildman–Crippen LogP) is 5.31. The van der Waals surface area contributed by atoms with Crippen molar-refractivity contribution < 1.29 is 0 Å². The van der Waals surface area contributed by atoms with Gasteiger partial charge in [0.2, 0.25) is 0 Å². The number of benzene rings is 2. The highest BCUT2D eigenvalue weighted by molar-refractivity contribution is 9.11. The summed E-state index contributed by atoms with van der Waals surface area (Å²) in [5.41, 5.74) is 10.5. The summed E-state index contributed by atoms with van der Waals surface area (Å²) in [5, 5.41) is 0. The fraction of sp³-hybridized carbons (Fsp3) is 0.0556. The molecule has 112 valence electrons. The van der Waals surface area contributed by atoms with Crippen LogP contribution in [-0.2, 0) is 0 Å². The Labute approximate surface area is 149 Å². The summed E-state index contributed by atoms with van der Waals surface area (Å²) in [7, 11) is 0. The molecule has 0 aromatic heterocycles. The lowest BCUT2D eigenvalue weighted by Gasteiger charge is -2.05. The Hall–Kier alpha value is -1.65. The van der Waals surface area contributed by atoms with Crippen LogP contribution < -0.4 is 5.73 Å². The average Bonchev–Trinajstić information content (AvgIpc) is 2.69. The Bertz CT molecular complexity index is 729. The van der Waals surface area contributed by atoms with Gasteiger partial charge in [0.25, 0.3) is 0 Å². The van der Waals surface area contributed by atoms with E-state index in [1.165, 1.54) is 11.1 Å². The first-order valence-electron chi connectivity index (χ1n) is 6.78. The molecule has 2 aromatic rings. The number of amidine groups is 1. The van der Waals surface area contributed by atoms with Gasteiger partial charge >= 0.3 is 0 Å². The molecular weight excluding hydrogens is 404 g/mol. The number of halogens is 2. The van der Waals surface area contributed by atoms with E-state index in [4.69, 9.17) is 5.73 Å². The van der Waals surface area contributed by atoms with Gasteiger partial charge in [0, 0.05) is 6.42 Å². The van der Waals surface area contributed by atoms with Crippen molar-refractivity contribution in [2.75, 3.05) is 0 Å². The lowest BCUT2D eigenvalue weighted by molar-refractivity contribution is 1.37. The molecule has 4 heteroatoms. The van der Waals surface area contributed by atoms with Gasteiger partial charge in [-0.1, -0.05) is 60.7 Å². The quantitative estimate of drug-likeness (QED) is 0.658. The second kappa shape index (κ2) is 7.56. The summed E-state index contributed by atoms with van der Waals surface area (Å²) in [6, 6.07) is 18.9. The van der Waals surface area contributed by atoms with Crippen molar-refractivity contribution in [2.45, 2.75) is 6.42 Å². The van der Waals surface area contributed by atoms with Crippen LogP contribution in [0.15, 0.2) is 76.3 Å². The van der Waals surface area contributed by atoms with Crippen molar-refractivity contribution in [1.82, 2.24) is 0 Å². The van der Waals surface area contributed by atoms with Crippen LogP contribution in [0.4, 0.5) is 0 Å². The Morgan fingerprint density at radius 2 is 1.45 bits per heavy atom. The van der Waals surface area contributed by atoms with Crippen LogP contribution in [0, 0.1) is 0 Å². The second-order valence-corrected chi connectivity index (χ2v) is 5.69. The molecular formula is C18H16Br2N2. The SMILES string of the molecule is Br.NC1=NC(Br)=CC(c2ccc(-c3ccccc3)cc2)=CC1. The Morgan fingerprint density at radius 1 is 0.864 bits per heavy atom. The van der Waals surface area contributed by atoms with Crippen LogP contribution in [-0.4, -0.2) is 5.84 Å². The van der Waals surface area contributed by atoms with Crippen molar-refractivity contribution in [1.29, 1.82) is 0 Å². The van der Waals surface area contributed by atoms with Crippen molar-refractivity contribution in [2.24, 2.45) is 10.7 Å². The zero-order valence-corrected chi connectivity index (χ0v) is 15.2. The van der Waals surface area contributed by atoms with Gasteiger partial charge in [0.05, 0.1) is 0 Å². The molecule has 0 bridgehead atoms. The van der Waals surface area contributed by atoms with E-state index in [1.807, 2.05) is 12.1 Å². The molecule has 3 rings (SSSR count). The first kappa shape index (κ1) is 16.7. The summed E-state index contributed by atoms with van der Waals surface area (Å²) in [6.07, 6.45) is 4.77. The van der Waals surface area contributed by atoms with E-state index in [-0.39, 0.29) is 17.0 Å². The largest absolute Gasteiger partial charge is 0.387 e. The number of hydrogen-bond acceptors (Lipinski definition) is 2. The zero-order chi connectivity index (χ0) is 14.7. The first-order chi connectivity index (χ1) is 10.2. The normalized spacial score (nSPS) is 14.1. The second-order valence-electron chi connectivity index (χ2n) is 4.88. The molecule has 2 aromatic carbocycles. The third-order valence-electron chi connectivity index (χ3n) is 3.38. The van der Waals surface area contributed by atoms with E-state index < -0.39 is 0 Å². The summed E-state index contributed by atoms with van der Waals surface area (Å²) >= 11 is 3.42. The molecule has 0 saturated heterocycles. The topological polar surface area (TPSA) is 38.4 Å². The number of aliphatic imine (C=N–C) groups is 1. The summed E-state index contributed by atoms with van der Waals surface area (Å²) in [4.78, 5) is 4.24. The van der Waals surface area contributed by atoms with Crippen LogP contribution in [0.2, 0.25) is 0 Å². The van der Waals surface area contributed by atoms with Crippen LogP contribution in [0.1, 0.15) is 12.0 Å². The maximum Gasteiger partial charge on any atom is 0.108 e. The number of nitrogens with two attached hydrogens (primary N) is 1. The number of nitrogens with zero attached hydrogens (tertiary/aromatic N) is 1. The molecule has 0 aliphatic carbocycles. The zero-order valence-electron chi connectivity index (χ0n) is 11.9. The van der Waals surface area contributed by atoms with Crippen molar-refractivity contribution in [3.05, 3.63) is 76.9 Å². The summed E-state index contributed by atoms with van der Waals surface area (Å²) < 4.78 is 0.760. The fourth-order valence-electron chi connectivity index (χ4n) is 2.30. The maximum atomic E-state index is 5.80. The summed E-state index contributed by atoms with van der Waals surface area (Å²) in [5.74, 6) is 0.619. The monoisotopic (exact) mass is 418 g/mol. The Balaban J connectivity index is 0.00000176. The molecule has 0 fully saturated rings. The molecule has 0 spiro atoms. The standard InChI is InChI=1S/C18H15BrN2.BrH/c19-17-12-16(10-11-18(20)21-17)15-8-6-14(7-9-15)13-4-2-1-3-5-13;/h1-10,12H,11H2,(H2,20,21);1H. The Kier molecular flexibility index (Phi) is 5.75. The van der Waals surface area contributed by atoms with E-state index in [1.54, 1.807) is 0 Å². The van der Waals surface area contributed by atoms with E-state index in [0.717, 1.165) is 15.7 Å². The molecule has 0 amide bonds. The smallest absolute Gasteiger partial charge is 0.108 e. The lowest BCUT2D eigenvalue weighted by atomic mass is 10.00. The molecule has 2 nitrogen and oxygen atoms in total. The molecule has 1 heterocycles. The highest BCUT2D eigenvalue weighted by Gasteiger charge is 2.06. The number of allylic oxidation sites excluding steroid dienone is 2. The van der Waals surface area contributed by atoms with Gasteiger partial charge in [-0.05, 0) is 44.3 Å². The average molecular weight is 420 g/mol. The number of rotatable bonds is 2. The van der Waals surface area contributed by atoms with Crippen LogP contribution >= 0.6 is 32.9 Å². The third kappa shape index (κ3) is 3.96. The number of hydrogen-bond donors (Lipinski definition) is 1. The van der Waals surface area contributed by atoms with Crippen molar-refractivity contribution in [3.8, 4) is 11.1 Å². The minimum absolute atomic E-state index is 0. The van der Waals surface area contributed by atoms with E-state index >= 15 is 0 Å². The van der Waals surface area contributed by atoms with Gasteiger partial charge in [0.1, 0.15) is 10.4 Å². The third-order valence-corrected chi connectivity index (χ3v) is 3.79. The van der Waals surface area contributed by atoms with Crippen LogP contribution in [0.25, 0.3) is 16.7 Å². The summed E-state index contributed by atoms with van der Waals surface area (Å²) in [6.45, 7) is 0. The van der Waals surface area contributed by atoms with Gasteiger partial charge in [0.15, 0.2) is 0 Å². The van der Waals surface area contributed by atoms with Crippen molar-refractivity contribution in [3.63, 3.8) is 0 Å². The maximum absolute atomic E-state index is 5.80. The van der Waals surface area contributed by atoms with Gasteiger partial charge in [-0.2, -0.15) is 0 Å². The molecule has 0 radical (unpaired) electrons. The fourth-order valence-corrected chi connectivity index (χ4v) is 2.78. The van der Waals surface area contributed by atoms with E-state index in [2.05, 4.69) is 75.5 Å². The minimum Gasteiger partial charge on any atom is -0.387 e. The molecule has 0 atom stereocenters. The van der Waals surface area contributed by atoms with Gasteiger partial charge in [-0.25, -0.2) is 4.99 Å². The van der Waals surface area contributed by atoms with Crippen LogP contribution in [0.5, 0.6) is 0 Å². The van der Waals surface area contributed by atoms with E-state index in [9.17, 15) is 0 Å². The van der Waals surface area contributed by atoms with E-state index in [0.29, 0.717) is 12.3 Å². The van der Waals surface area contributed by atoms with Gasteiger partial charge in [-0.3, -0.25) is 0 Å². The first-order valence-corrected chi connectivity index (χ1v) is 7.58. The van der Waals surface area contributed by atoms with Gasteiger partial charge in [-0.15, -0.1) is 17.0 Å². The van der Waals surface area contributed by atoms with Crippen LogP contribution in [0.3, 0.4) is 0 Å². The van der Waals surface area contributed by atoms with Gasteiger partial charge < -0.3 is 5.73 Å². The molecule has 0 unspecified atom stereocenters. The molecule has 1 aliphatic heterocycles. The highest BCUT2D eigenvalue weighted by atomic mass is 79.9. The molecule has 1 aliphatic rings.